The van der Waals surface area contributed by atoms with E-state index in [4.69, 9.17) is 0 Å². The van der Waals surface area contributed by atoms with Gasteiger partial charge in [-0.3, -0.25) is 0 Å². The van der Waals surface area contributed by atoms with E-state index < -0.39 is 0 Å². The number of anilines is 1. The lowest BCUT2D eigenvalue weighted by molar-refractivity contribution is 0.531. The van der Waals surface area contributed by atoms with Crippen molar-refractivity contribution in [1.29, 1.82) is 0 Å². The van der Waals surface area contributed by atoms with Gasteiger partial charge in [-0.1, -0.05) is 25.1 Å². The van der Waals surface area contributed by atoms with Gasteiger partial charge in [0.05, 0.1) is 0 Å². The average Bonchev–Trinajstić information content (AvgIpc) is 2.56. The highest BCUT2D eigenvalue weighted by Gasteiger charge is 2.25. The van der Waals surface area contributed by atoms with Crippen LogP contribution in [-0.2, 0) is 6.42 Å². The number of hydrogen-bond donors (Lipinski definition) is 1. The number of benzene rings is 1. The zero-order valence-electron chi connectivity index (χ0n) is 10.5. The monoisotopic (exact) mass is 218 g/mol. The van der Waals surface area contributed by atoms with Crippen LogP contribution in [0.15, 0.2) is 24.3 Å². The van der Waals surface area contributed by atoms with Crippen molar-refractivity contribution in [3.05, 3.63) is 29.8 Å². The van der Waals surface area contributed by atoms with Crippen LogP contribution in [0.5, 0.6) is 0 Å². The molecule has 1 heterocycles. The summed E-state index contributed by atoms with van der Waals surface area (Å²) in [7, 11) is 0. The van der Waals surface area contributed by atoms with Crippen LogP contribution in [0, 0.1) is 0 Å². The number of likely N-dealkylation sites (N-methyl/N-ethyl adjacent to an activating group) is 1. The second-order valence-corrected chi connectivity index (χ2v) is 4.79. The van der Waals surface area contributed by atoms with Crippen LogP contribution in [0.1, 0.15) is 26.3 Å². The summed E-state index contributed by atoms with van der Waals surface area (Å²) in [6, 6.07) is 9.98. The molecule has 0 amide bonds. The molecule has 0 aromatic heterocycles. The van der Waals surface area contributed by atoms with E-state index in [2.05, 4.69) is 55.3 Å². The summed E-state index contributed by atoms with van der Waals surface area (Å²) in [4.78, 5) is 2.53. The first-order valence-corrected chi connectivity index (χ1v) is 6.30. The molecule has 2 rings (SSSR count). The first-order valence-electron chi connectivity index (χ1n) is 6.30. The van der Waals surface area contributed by atoms with Crippen LogP contribution < -0.4 is 10.2 Å². The molecule has 88 valence electrons. The Labute approximate surface area is 98.7 Å². The Morgan fingerprint density at radius 3 is 2.94 bits per heavy atom. The van der Waals surface area contributed by atoms with Crippen molar-refractivity contribution in [3.63, 3.8) is 0 Å². The van der Waals surface area contributed by atoms with Crippen molar-refractivity contribution in [2.75, 3.05) is 18.0 Å². The fourth-order valence-electron chi connectivity index (χ4n) is 2.62. The lowest BCUT2D eigenvalue weighted by Gasteiger charge is -2.28. The number of para-hydroxylation sites is 1. The van der Waals surface area contributed by atoms with E-state index in [1.54, 1.807) is 0 Å². The second-order valence-electron chi connectivity index (χ2n) is 4.79. The molecule has 0 bridgehead atoms. The third kappa shape index (κ3) is 2.22. The summed E-state index contributed by atoms with van der Waals surface area (Å²) in [6.45, 7) is 8.89. The maximum absolute atomic E-state index is 3.48. The van der Waals surface area contributed by atoms with Crippen molar-refractivity contribution in [2.45, 2.75) is 39.3 Å². The van der Waals surface area contributed by atoms with E-state index in [1.165, 1.54) is 17.7 Å². The molecular formula is C14H22N2. The molecule has 2 heteroatoms. The van der Waals surface area contributed by atoms with Gasteiger partial charge < -0.3 is 10.2 Å². The molecule has 1 aromatic rings. The van der Waals surface area contributed by atoms with Crippen molar-refractivity contribution in [3.8, 4) is 0 Å². The standard InChI is InChI=1S/C14H22N2/c1-4-15-11(2)10-16-12(3)9-13-7-5-6-8-14(13)16/h5-8,11-12,15H,4,9-10H2,1-3H3. The van der Waals surface area contributed by atoms with Crippen LogP contribution in [0.25, 0.3) is 0 Å². The fraction of sp³-hybridized carbons (Fsp3) is 0.571. The molecule has 0 saturated carbocycles. The van der Waals surface area contributed by atoms with E-state index in [9.17, 15) is 0 Å². The lowest BCUT2D eigenvalue weighted by atomic mass is 10.1. The number of fused-ring (bicyclic) bond motifs is 1. The summed E-state index contributed by atoms with van der Waals surface area (Å²) in [6.07, 6.45) is 1.19. The van der Waals surface area contributed by atoms with Crippen molar-refractivity contribution in [1.82, 2.24) is 5.32 Å². The predicted octanol–water partition coefficient (Wildman–Crippen LogP) is 2.44. The molecule has 0 spiro atoms. The molecule has 1 aliphatic heterocycles. The average molecular weight is 218 g/mol. The molecule has 0 saturated heterocycles. The molecule has 0 radical (unpaired) electrons. The van der Waals surface area contributed by atoms with Gasteiger partial charge in [-0.2, -0.15) is 0 Å². The van der Waals surface area contributed by atoms with Crippen molar-refractivity contribution in [2.24, 2.45) is 0 Å². The van der Waals surface area contributed by atoms with Crippen molar-refractivity contribution < 1.29 is 0 Å². The third-order valence-electron chi connectivity index (χ3n) is 3.37. The van der Waals surface area contributed by atoms with Gasteiger partial charge in [-0.15, -0.1) is 0 Å². The zero-order valence-corrected chi connectivity index (χ0v) is 10.5. The molecule has 1 aliphatic rings. The van der Waals surface area contributed by atoms with E-state index in [0.717, 1.165) is 13.1 Å². The van der Waals surface area contributed by atoms with Crippen LogP contribution in [0.2, 0.25) is 0 Å². The van der Waals surface area contributed by atoms with Gasteiger partial charge in [0.25, 0.3) is 0 Å². The molecule has 1 N–H and O–H groups in total. The molecule has 1 aromatic carbocycles. The molecule has 2 nitrogen and oxygen atoms in total. The van der Waals surface area contributed by atoms with E-state index in [0.29, 0.717) is 12.1 Å². The number of rotatable bonds is 4. The van der Waals surface area contributed by atoms with Gasteiger partial charge in [0.15, 0.2) is 0 Å². The molecule has 2 atom stereocenters. The van der Waals surface area contributed by atoms with Gasteiger partial charge in [0.2, 0.25) is 0 Å². The molecule has 0 fully saturated rings. The van der Waals surface area contributed by atoms with Crippen LogP contribution in [0.4, 0.5) is 5.69 Å². The smallest absolute Gasteiger partial charge is 0.0402 e. The number of hydrogen-bond acceptors (Lipinski definition) is 2. The Balaban J connectivity index is 2.10. The molecule has 2 unspecified atom stereocenters. The summed E-state index contributed by atoms with van der Waals surface area (Å²) >= 11 is 0. The van der Waals surface area contributed by atoms with Gasteiger partial charge in [-0.05, 0) is 38.4 Å². The maximum atomic E-state index is 3.48. The normalized spacial score (nSPS) is 20.9. The minimum absolute atomic E-state index is 0.554. The molecule has 0 aliphatic carbocycles. The van der Waals surface area contributed by atoms with Gasteiger partial charge in [0.1, 0.15) is 0 Å². The zero-order chi connectivity index (χ0) is 11.5. The summed E-state index contributed by atoms with van der Waals surface area (Å²) in [5, 5.41) is 3.48. The highest BCUT2D eigenvalue weighted by atomic mass is 15.2. The number of nitrogens with zero attached hydrogens (tertiary/aromatic N) is 1. The molecular weight excluding hydrogens is 196 g/mol. The largest absolute Gasteiger partial charge is 0.367 e. The predicted molar refractivity (Wildman–Crippen MR) is 70.1 cm³/mol. The summed E-state index contributed by atoms with van der Waals surface area (Å²) < 4.78 is 0. The van der Waals surface area contributed by atoms with Gasteiger partial charge >= 0.3 is 0 Å². The Bertz CT molecular complexity index is 348. The quantitative estimate of drug-likeness (QED) is 0.835. The van der Waals surface area contributed by atoms with Gasteiger partial charge in [-0.25, -0.2) is 0 Å². The maximum Gasteiger partial charge on any atom is 0.0402 e. The first-order chi connectivity index (χ1) is 7.72. The third-order valence-corrected chi connectivity index (χ3v) is 3.37. The highest BCUT2D eigenvalue weighted by molar-refractivity contribution is 5.59. The minimum atomic E-state index is 0.554. The Morgan fingerprint density at radius 1 is 1.44 bits per heavy atom. The topological polar surface area (TPSA) is 15.3 Å². The first kappa shape index (κ1) is 11.5. The van der Waals surface area contributed by atoms with E-state index in [1.807, 2.05) is 0 Å². The fourth-order valence-corrected chi connectivity index (χ4v) is 2.62. The van der Waals surface area contributed by atoms with Crippen LogP contribution >= 0.6 is 0 Å². The second kappa shape index (κ2) is 4.88. The van der Waals surface area contributed by atoms with Crippen LogP contribution in [0.3, 0.4) is 0 Å². The Morgan fingerprint density at radius 2 is 2.19 bits per heavy atom. The number of nitrogens with one attached hydrogen (secondary N) is 1. The van der Waals surface area contributed by atoms with Gasteiger partial charge in [0, 0.05) is 24.3 Å². The van der Waals surface area contributed by atoms with E-state index >= 15 is 0 Å². The molecule has 16 heavy (non-hydrogen) atoms. The SMILES string of the molecule is CCNC(C)CN1c2ccccc2CC1C. The van der Waals surface area contributed by atoms with Crippen LogP contribution in [-0.4, -0.2) is 25.2 Å². The Hall–Kier alpha value is -1.02. The Kier molecular flexibility index (Phi) is 3.49. The lowest BCUT2D eigenvalue weighted by Crippen LogP contribution is -2.41. The highest BCUT2D eigenvalue weighted by Crippen LogP contribution is 2.31. The van der Waals surface area contributed by atoms with E-state index in [-0.39, 0.29) is 0 Å². The summed E-state index contributed by atoms with van der Waals surface area (Å²) in [5.41, 5.74) is 2.93. The van der Waals surface area contributed by atoms with Crippen molar-refractivity contribution >= 4 is 5.69 Å². The summed E-state index contributed by atoms with van der Waals surface area (Å²) in [5.74, 6) is 0. The minimum Gasteiger partial charge on any atom is -0.367 e.